The monoisotopic (exact) mass is 280 g/mol. The van der Waals surface area contributed by atoms with Gasteiger partial charge in [0.05, 0.1) is 5.75 Å². The van der Waals surface area contributed by atoms with Gasteiger partial charge < -0.3 is 5.73 Å². The number of benzene rings is 1. The first-order chi connectivity index (χ1) is 9.08. The number of nitrogens with two attached hydrogens (primary N) is 1. The topological polar surface area (TPSA) is 63.4 Å². The summed E-state index contributed by atoms with van der Waals surface area (Å²) >= 11 is 0. The zero-order valence-electron chi connectivity index (χ0n) is 10.9. The number of hydrogen-bond acceptors (Lipinski definition) is 3. The molecule has 0 spiro atoms. The van der Waals surface area contributed by atoms with Crippen LogP contribution in [0.5, 0.6) is 0 Å². The second kappa shape index (κ2) is 4.89. The maximum Gasteiger partial charge on any atom is 0.216 e. The molecule has 2 saturated heterocycles. The molecular weight excluding hydrogens is 260 g/mol. The van der Waals surface area contributed by atoms with Crippen molar-refractivity contribution in [3.8, 4) is 0 Å². The standard InChI is InChI=1S/C14H20N2O2S/c15-14(11-4-2-1-3-5-11)10-19(17,18)16-12-6-7-13(16)9-8-12/h1-5,12-14H,6-10,15H2. The van der Waals surface area contributed by atoms with Crippen molar-refractivity contribution in [2.45, 2.75) is 43.8 Å². The van der Waals surface area contributed by atoms with E-state index in [1.165, 1.54) is 0 Å². The van der Waals surface area contributed by atoms with E-state index in [0.29, 0.717) is 0 Å². The Bertz CT molecular complexity index is 524. The van der Waals surface area contributed by atoms with E-state index in [1.54, 1.807) is 4.31 Å². The normalized spacial score (nSPS) is 28.7. The molecule has 2 aliphatic heterocycles. The Labute approximate surface area is 114 Å². The summed E-state index contributed by atoms with van der Waals surface area (Å²) in [7, 11) is -3.23. The van der Waals surface area contributed by atoms with E-state index in [0.717, 1.165) is 31.2 Å². The molecule has 1 aromatic rings. The van der Waals surface area contributed by atoms with Gasteiger partial charge in [-0.05, 0) is 31.2 Å². The van der Waals surface area contributed by atoms with E-state index in [2.05, 4.69) is 0 Å². The van der Waals surface area contributed by atoms with Crippen molar-refractivity contribution in [2.75, 3.05) is 5.75 Å². The number of nitrogens with zero attached hydrogens (tertiary/aromatic N) is 1. The molecule has 0 aromatic heterocycles. The third kappa shape index (κ3) is 2.42. The maximum absolute atomic E-state index is 12.5. The highest BCUT2D eigenvalue weighted by Gasteiger charge is 2.46. The molecule has 2 aliphatic rings. The zero-order valence-corrected chi connectivity index (χ0v) is 11.7. The lowest BCUT2D eigenvalue weighted by Gasteiger charge is -2.23. The van der Waals surface area contributed by atoms with Gasteiger partial charge in [0.2, 0.25) is 10.0 Å². The number of fused-ring (bicyclic) bond motifs is 2. The molecule has 0 amide bonds. The molecule has 1 atom stereocenters. The minimum atomic E-state index is -3.23. The predicted octanol–water partition coefficient (Wildman–Crippen LogP) is 1.64. The van der Waals surface area contributed by atoms with Crippen molar-refractivity contribution in [1.82, 2.24) is 4.31 Å². The summed E-state index contributed by atoms with van der Waals surface area (Å²) < 4.78 is 26.8. The molecule has 3 rings (SSSR count). The van der Waals surface area contributed by atoms with Gasteiger partial charge in [0.1, 0.15) is 0 Å². The van der Waals surface area contributed by atoms with Crippen LogP contribution in [0.15, 0.2) is 30.3 Å². The lowest BCUT2D eigenvalue weighted by Crippen LogP contribution is -2.39. The van der Waals surface area contributed by atoms with E-state index < -0.39 is 16.1 Å². The van der Waals surface area contributed by atoms with Crippen LogP contribution in [0.2, 0.25) is 0 Å². The van der Waals surface area contributed by atoms with Gasteiger partial charge in [-0.3, -0.25) is 0 Å². The Morgan fingerprint density at radius 2 is 1.63 bits per heavy atom. The van der Waals surface area contributed by atoms with Gasteiger partial charge in [0, 0.05) is 18.1 Å². The van der Waals surface area contributed by atoms with Crippen LogP contribution in [0.25, 0.3) is 0 Å². The highest BCUT2D eigenvalue weighted by molar-refractivity contribution is 7.89. The molecule has 5 heteroatoms. The van der Waals surface area contributed by atoms with Crippen LogP contribution < -0.4 is 5.73 Å². The zero-order chi connectivity index (χ0) is 13.5. The van der Waals surface area contributed by atoms with Crippen molar-refractivity contribution < 1.29 is 8.42 Å². The van der Waals surface area contributed by atoms with Crippen LogP contribution in [0, 0.1) is 0 Å². The number of hydrogen-bond donors (Lipinski definition) is 1. The Morgan fingerprint density at radius 3 is 2.16 bits per heavy atom. The molecule has 104 valence electrons. The van der Waals surface area contributed by atoms with E-state index in [9.17, 15) is 8.42 Å². The van der Waals surface area contributed by atoms with Crippen LogP contribution >= 0.6 is 0 Å². The van der Waals surface area contributed by atoms with Crippen LogP contribution in [-0.2, 0) is 10.0 Å². The molecule has 1 aromatic carbocycles. The molecule has 1 unspecified atom stereocenters. The van der Waals surface area contributed by atoms with Gasteiger partial charge in [-0.1, -0.05) is 30.3 Å². The van der Waals surface area contributed by atoms with Gasteiger partial charge in [-0.15, -0.1) is 0 Å². The summed E-state index contributed by atoms with van der Waals surface area (Å²) in [5.74, 6) is 0.0179. The lowest BCUT2D eigenvalue weighted by atomic mass is 10.0. The summed E-state index contributed by atoms with van der Waals surface area (Å²) in [5, 5.41) is 0. The van der Waals surface area contributed by atoms with Crippen molar-refractivity contribution in [3.05, 3.63) is 35.9 Å². The first-order valence-corrected chi connectivity index (χ1v) is 8.50. The van der Waals surface area contributed by atoms with Gasteiger partial charge in [0.15, 0.2) is 0 Å². The Kier molecular flexibility index (Phi) is 3.37. The summed E-state index contributed by atoms with van der Waals surface area (Å²) in [6.45, 7) is 0. The first-order valence-electron chi connectivity index (χ1n) is 6.89. The SMILES string of the molecule is NC(CS(=O)(=O)N1C2CCC1CC2)c1ccccc1. The smallest absolute Gasteiger partial charge is 0.216 e. The number of sulfonamides is 1. The van der Waals surface area contributed by atoms with E-state index in [4.69, 9.17) is 5.73 Å². The average Bonchev–Trinajstić information content (AvgIpc) is 3.00. The van der Waals surface area contributed by atoms with Crippen molar-refractivity contribution >= 4 is 10.0 Å². The molecule has 0 aliphatic carbocycles. The minimum absolute atomic E-state index is 0.0179. The number of rotatable bonds is 4. The molecule has 19 heavy (non-hydrogen) atoms. The maximum atomic E-state index is 12.5. The second-order valence-corrected chi connectivity index (χ2v) is 7.51. The highest BCUT2D eigenvalue weighted by Crippen LogP contribution is 2.40. The molecule has 0 saturated carbocycles. The molecular formula is C14H20N2O2S. The van der Waals surface area contributed by atoms with Crippen LogP contribution in [0.4, 0.5) is 0 Å². The Hall–Kier alpha value is -0.910. The molecule has 2 heterocycles. The Morgan fingerprint density at radius 1 is 1.11 bits per heavy atom. The quantitative estimate of drug-likeness (QED) is 0.912. The molecule has 0 radical (unpaired) electrons. The van der Waals surface area contributed by atoms with Crippen molar-refractivity contribution in [2.24, 2.45) is 5.73 Å². The summed E-state index contributed by atoms with van der Waals surface area (Å²) in [6.07, 6.45) is 4.07. The van der Waals surface area contributed by atoms with Crippen molar-refractivity contribution in [1.29, 1.82) is 0 Å². The van der Waals surface area contributed by atoms with Gasteiger partial charge in [-0.2, -0.15) is 4.31 Å². The van der Waals surface area contributed by atoms with E-state index in [-0.39, 0.29) is 17.8 Å². The fourth-order valence-electron chi connectivity index (χ4n) is 3.43. The predicted molar refractivity (Wildman–Crippen MR) is 75.0 cm³/mol. The Balaban J connectivity index is 1.76. The first kappa shape index (κ1) is 13.1. The fraction of sp³-hybridized carbons (Fsp3) is 0.571. The van der Waals surface area contributed by atoms with E-state index in [1.807, 2.05) is 30.3 Å². The highest BCUT2D eigenvalue weighted by atomic mass is 32.2. The molecule has 2 bridgehead atoms. The third-order valence-electron chi connectivity index (χ3n) is 4.33. The molecule has 2 fully saturated rings. The van der Waals surface area contributed by atoms with Crippen LogP contribution in [0.3, 0.4) is 0 Å². The van der Waals surface area contributed by atoms with Crippen LogP contribution in [0.1, 0.15) is 37.3 Å². The summed E-state index contributed by atoms with van der Waals surface area (Å²) in [5.41, 5.74) is 6.94. The summed E-state index contributed by atoms with van der Waals surface area (Å²) in [4.78, 5) is 0. The lowest BCUT2D eigenvalue weighted by molar-refractivity contribution is 0.394. The van der Waals surface area contributed by atoms with Crippen molar-refractivity contribution in [3.63, 3.8) is 0 Å². The third-order valence-corrected chi connectivity index (χ3v) is 6.34. The van der Waals surface area contributed by atoms with Gasteiger partial charge in [-0.25, -0.2) is 8.42 Å². The molecule has 2 N–H and O–H groups in total. The summed E-state index contributed by atoms with van der Waals surface area (Å²) in [6, 6.07) is 9.49. The van der Waals surface area contributed by atoms with Crippen LogP contribution in [-0.4, -0.2) is 30.6 Å². The second-order valence-electron chi connectivity index (χ2n) is 5.59. The minimum Gasteiger partial charge on any atom is -0.323 e. The van der Waals surface area contributed by atoms with E-state index >= 15 is 0 Å². The fourth-order valence-corrected chi connectivity index (χ4v) is 5.58. The average molecular weight is 280 g/mol. The van der Waals surface area contributed by atoms with Gasteiger partial charge in [0.25, 0.3) is 0 Å². The largest absolute Gasteiger partial charge is 0.323 e. The van der Waals surface area contributed by atoms with Gasteiger partial charge >= 0.3 is 0 Å². The molecule has 4 nitrogen and oxygen atoms in total.